The highest BCUT2D eigenvalue weighted by molar-refractivity contribution is 6.10. The van der Waals surface area contributed by atoms with Gasteiger partial charge in [0, 0.05) is 66.0 Å². The molecule has 26 heavy (non-hydrogen) atoms. The molecule has 0 aromatic carbocycles. The van der Waals surface area contributed by atoms with Crippen LogP contribution < -0.4 is 0 Å². The van der Waals surface area contributed by atoms with E-state index in [9.17, 15) is 18.0 Å². The van der Waals surface area contributed by atoms with Gasteiger partial charge in [0.15, 0.2) is 0 Å². The summed E-state index contributed by atoms with van der Waals surface area (Å²) in [4.78, 5) is 25.2. The first-order valence-electron chi connectivity index (χ1n) is 8.16. The van der Waals surface area contributed by atoms with Crippen molar-refractivity contribution in [3.8, 4) is 0 Å². The van der Waals surface area contributed by atoms with Gasteiger partial charge in [0.1, 0.15) is 5.65 Å². The summed E-state index contributed by atoms with van der Waals surface area (Å²) < 4.78 is 37.0. The van der Waals surface area contributed by atoms with E-state index < -0.39 is 24.9 Å². The minimum Gasteiger partial charge on any atom is -0.346 e. The number of nitrogens with one attached hydrogen (secondary N) is 1. The number of nitrogens with zero attached hydrogens (tertiary/aromatic N) is 3. The molecule has 1 N–H and O–H groups in total. The summed E-state index contributed by atoms with van der Waals surface area (Å²) in [6, 6.07) is 1.93. The van der Waals surface area contributed by atoms with Crippen LogP contribution in [0.3, 0.4) is 0 Å². The Morgan fingerprint density at radius 1 is 1.27 bits per heavy atom. The molecule has 1 aliphatic rings. The van der Waals surface area contributed by atoms with E-state index in [1.54, 1.807) is 24.8 Å². The summed E-state index contributed by atoms with van der Waals surface area (Å²) >= 11 is 0. The lowest BCUT2D eigenvalue weighted by Crippen LogP contribution is -2.29. The van der Waals surface area contributed by atoms with Gasteiger partial charge in [-0.15, -0.1) is 0 Å². The van der Waals surface area contributed by atoms with Crippen LogP contribution in [0.15, 0.2) is 36.9 Å². The number of aromatic amines is 1. The second-order valence-electron chi connectivity index (χ2n) is 6.27. The van der Waals surface area contributed by atoms with Gasteiger partial charge in [-0.3, -0.25) is 9.78 Å². The van der Waals surface area contributed by atoms with Crippen molar-refractivity contribution in [3.05, 3.63) is 42.5 Å². The Kier molecular flexibility index (Phi) is 3.90. The molecule has 3 aromatic heterocycles. The quantitative estimate of drug-likeness (QED) is 0.775. The fourth-order valence-electron chi connectivity index (χ4n) is 3.27. The molecule has 3 aromatic rings. The molecule has 5 nitrogen and oxygen atoms in total. The SMILES string of the molecule is O=C(CCC(F)(F)F)N1CC=C(c2cncc3cnc4[nH]ccc4c23)C1. The summed E-state index contributed by atoms with van der Waals surface area (Å²) in [5, 5.41) is 2.79. The van der Waals surface area contributed by atoms with E-state index in [4.69, 9.17) is 0 Å². The standard InChI is InChI=1S/C18H15F3N4O/c19-18(20,21)4-1-15(26)25-6-3-11(10-25)14-9-22-7-12-8-24-17-13(16(12)14)2-5-23-17/h2-3,5,7-9H,1,4,6,10H2,(H,23,24). The Morgan fingerprint density at radius 2 is 2.12 bits per heavy atom. The molecule has 0 aliphatic carbocycles. The van der Waals surface area contributed by atoms with Crippen LogP contribution >= 0.6 is 0 Å². The first-order valence-corrected chi connectivity index (χ1v) is 8.16. The third-order valence-corrected chi connectivity index (χ3v) is 4.54. The van der Waals surface area contributed by atoms with Gasteiger partial charge in [-0.05, 0) is 11.6 Å². The first-order chi connectivity index (χ1) is 12.4. The minimum absolute atomic E-state index is 0.283. The number of H-pyrrole nitrogens is 1. The maximum absolute atomic E-state index is 12.3. The van der Waals surface area contributed by atoms with Crippen molar-refractivity contribution in [3.63, 3.8) is 0 Å². The maximum atomic E-state index is 12.3. The normalized spacial score (nSPS) is 15.0. The number of pyridine rings is 2. The number of alkyl halides is 3. The molecule has 1 amide bonds. The zero-order valence-corrected chi connectivity index (χ0v) is 13.7. The van der Waals surface area contributed by atoms with Crippen molar-refractivity contribution in [1.29, 1.82) is 0 Å². The second kappa shape index (κ2) is 6.12. The molecule has 0 radical (unpaired) electrons. The number of fused-ring (bicyclic) bond motifs is 3. The van der Waals surface area contributed by atoms with Gasteiger partial charge >= 0.3 is 6.18 Å². The molecule has 0 atom stereocenters. The molecule has 0 fully saturated rings. The predicted molar refractivity (Wildman–Crippen MR) is 91.2 cm³/mol. The summed E-state index contributed by atoms with van der Waals surface area (Å²) in [5.41, 5.74) is 2.51. The molecule has 0 bridgehead atoms. The largest absolute Gasteiger partial charge is 0.389 e. The third-order valence-electron chi connectivity index (χ3n) is 4.54. The van der Waals surface area contributed by atoms with Gasteiger partial charge in [-0.25, -0.2) is 4.98 Å². The molecular formula is C18H15F3N4O. The number of hydrogen-bond acceptors (Lipinski definition) is 3. The lowest BCUT2D eigenvalue weighted by molar-refractivity contribution is -0.148. The van der Waals surface area contributed by atoms with E-state index >= 15 is 0 Å². The Hall–Kier alpha value is -2.90. The number of carbonyl (C=O) groups is 1. The molecule has 134 valence electrons. The van der Waals surface area contributed by atoms with Crippen molar-refractivity contribution < 1.29 is 18.0 Å². The van der Waals surface area contributed by atoms with E-state index in [0.29, 0.717) is 6.54 Å². The highest BCUT2D eigenvalue weighted by atomic mass is 19.4. The van der Waals surface area contributed by atoms with Crippen molar-refractivity contribution in [2.24, 2.45) is 0 Å². The van der Waals surface area contributed by atoms with Crippen molar-refractivity contribution in [1.82, 2.24) is 19.9 Å². The van der Waals surface area contributed by atoms with Crippen molar-refractivity contribution in [2.75, 3.05) is 13.1 Å². The maximum Gasteiger partial charge on any atom is 0.389 e. The van der Waals surface area contributed by atoms with Crippen LogP contribution in [0.5, 0.6) is 0 Å². The molecule has 4 rings (SSSR count). The summed E-state index contributed by atoms with van der Waals surface area (Å²) in [5.74, 6) is -0.491. The Labute approximate surface area is 146 Å². The highest BCUT2D eigenvalue weighted by Gasteiger charge is 2.30. The van der Waals surface area contributed by atoms with Crippen LogP contribution in [0.25, 0.3) is 27.4 Å². The van der Waals surface area contributed by atoms with Crippen molar-refractivity contribution >= 4 is 33.3 Å². The molecule has 1 aliphatic heterocycles. The number of aromatic nitrogens is 3. The fraction of sp³-hybridized carbons (Fsp3) is 0.278. The monoisotopic (exact) mass is 360 g/mol. The van der Waals surface area contributed by atoms with Gasteiger partial charge in [0.05, 0.1) is 6.42 Å². The van der Waals surface area contributed by atoms with Crippen LogP contribution in [0, 0.1) is 0 Å². The zero-order chi connectivity index (χ0) is 18.3. The summed E-state index contributed by atoms with van der Waals surface area (Å²) in [6.45, 7) is 0.593. The average Bonchev–Trinajstić information content (AvgIpc) is 3.27. The number of halogens is 3. The minimum atomic E-state index is -4.32. The summed E-state index contributed by atoms with van der Waals surface area (Å²) in [6.07, 6.45) is 2.92. The van der Waals surface area contributed by atoms with Crippen LogP contribution in [0.2, 0.25) is 0 Å². The molecular weight excluding hydrogens is 345 g/mol. The third kappa shape index (κ3) is 3.02. The van der Waals surface area contributed by atoms with E-state index in [-0.39, 0.29) is 6.54 Å². The lowest BCUT2D eigenvalue weighted by Gasteiger charge is -2.17. The van der Waals surface area contributed by atoms with Gasteiger partial charge in [0.25, 0.3) is 0 Å². The molecule has 0 spiro atoms. The number of rotatable bonds is 3. The molecule has 4 heterocycles. The van der Waals surface area contributed by atoms with Crippen LogP contribution in [-0.2, 0) is 4.79 Å². The van der Waals surface area contributed by atoms with Gasteiger partial charge in [-0.2, -0.15) is 13.2 Å². The van der Waals surface area contributed by atoms with E-state index in [1.807, 2.05) is 12.1 Å². The number of carbonyl (C=O) groups excluding carboxylic acids is 1. The van der Waals surface area contributed by atoms with Crippen LogP contribution in [0.1, 0.15) is 18.4 Å². The summed E-state index contributed by atoms with van der Waals surface area (Å²) in [7, 11) is 0. The smallest absolute Gasteiger partial charge is 0.346 e. The van der Waals surface area contributed by atoms with E-state index in [2.05, 4.69) is 15.0 Å². The zero-order valence-electron chi connectivity index (χ0n) is 13.7. The van der Waals surface area contributed by atoms with Crippen molar-refractivity contribution in [2.45, 2.75) is 19.0 Å². The number of amides is 1. The number of hydrogen-bond donors (Lipinski definition) is 1. The first kappa shape index (κ1) is 16.6. The Morgan fingerprint density at radius 3 is 2.92 bits per heavy atom. The molecule has 0 saturated heterocycles. The molecule has 0 saturated carbocycles. The average molecular weight is 360 g/mol. The van der Waals surface area contributed by atoms with Gasteiger partial charge in [-0.1, -0.05) is 6.08 Å². The molecule has 0 unspecified atom stereocenters. The lowest BCUT2D eigenvalue weighted by atomic mass is 10.0. The Bertz CT molecular complexity index is 1020. The predicted octanol–water partition coefficient (Wildman–Crippen LogP) is 3.68. The topological polar surface area (TPSA) is 61.9 Å². The second-order valence-corrected chi connectivity index (χ2v) is 6.27. The molecule has 8 heteroatoms. The van der Waals surface area contributed by atoms with E-state index in [0.717, 1.165) is 32.9 Å². The van der Waals surface area contributed by atoms with Gasteiger partial charge < -0.3 is 9.88 Å². The fourth-order valence-corrected chi connectivity index (χ4v) is 3.27. The van der Waals surface area contributed by atoms with Gasteiger partial charge in [0.2, 0.25) is 5.91 Å². The highest BCUT2D eigenvalue weighted by Crippen LogP contribution is 2.32. The van der Waals surface area contributed by atoms with Crippen LogP contribution in [0.4, 0.5) is 13.2 Å². The van der Waals surface area contributed by atoms with Crippen LogP contribution in [-0.4, -0.2) is 45.0 Å². The van der Waals surface area contributed by atoms with E-state index in [1.165, 1.54) is 4.90 Å². The Balaban J connectivity index is 1.61.